The van der Waals surface area contributed by atoms with Gasteiger partial charge in [0.15, 0.2) is 11.6 Å². The van der Waals surface area contributed by atoms with Gasteiger partial charge in [-0.1, -0.05) is 0 Å². The van der Waals surface area contributed by atoms with Gasteiger partial charge in [-0.05, 0) is 13.0 Å². The van der Waals surface area contributed by atoms with E-state index in [-0.39, 0.29) is 19.1 Å². The maximum absolute atomic E-state index is 13.7. The smallest absolute Gasteiger partial charge is 0.343 e. The number of esters is 1. The van der Waals surface area contributed by atoms with Crippen LogP contribution in [0.2, 0.25) is 0 Å². The van der Waals surface area contributed by atoms with Crippen molar-refractivity contribution in [2.45, 2.75) is 25.6 Å². The van der Waals surface area contributed by atoms with Gasteiger partial charge in [0.05, 0.1) is 18.2 Å². The minimum Gasteiger partial charge on any atom is -0.506 e. The topological polar surface area (TPSA) is 58.9 Å². The van der Waals surface area contributed by atoms with E-state index in [9.17, 15) is 27.5 Å². The quantitative estimate of drug-likeness (QED) is 0.225. The van der Waals surface area contributed by atoms with Crippen LogP contribution < -0.4 is 0 Å². The first-order valence-electron chi connectivity index (χ1n) is 6.77. The number of aliphatic hydroxyl groups excluding tert-OH is 1. The van der Waals surface area contributed by atoms with Gasteiger partial charge in [-0.15, -0.1) is 0 Å². The maximum Gasteiger partial charge on any atom is 0.343 e. The molecule has 1 N–H and O–H groups in total. The van der Waals surface area contributed by atoms with E-state index in [4.69, 9.17) is 0 Å². The monoisotopic (exact) mass is 331 g/mol. The number of nitrogens with zero attached hydrogens (tertiary/aromatic N) is 1. The lowest BCUT2D eigenvalue weighted by atomic mass is 10.1. The SMILES string of the molecule is CCOC(=O)/C(C=N[C@@H]1C[C@@H]1F)=C(\O)c1cc(F)c(F)cc1F. The molecule has 0 unspecified atom stereocenters. The first kappa shape index (κ1) is 17.0. The molecule has 1 aromatic carbocycles. The molecule has 1 aliphatic carbocycles. The summed E-state index contributed by atoms with van der Waals surface area (Å²) in [6.45, 7) is 1.46. The highest BCUT2D eigenvalue weighted by atomic mass is 19.2. The number of ether oxygens (including phenoxy) is 1. The van der Waals surface area contributed by atoms with Crippen molar-refractivity contribution in [3.05, 3.63) is 40.7 Å². The number of aliphatic hydroxyl groups is 1. The molecule has 0 saturated heterocycles. The van der Waals surface area contributed by atoms with Crippen LogP contribution in [0.1, 0.15) is 18.9 Å². The van der Waals surface area contributed by atoms with Gasteiger partial charge in [-0.25, -0.2) is 22.4 Å². The van der Waals surface area contributed by atoms with Crippen LogP contribution in [0.25, 0.3) is 5.76 Å². The summed E-state index contributed by atoms with van der Waals surface area (Å²) in [4.78, 5) is 15.5. The average molecular weight is 331 g/mol. The van der Waals surface area contributed by atoms with Crippen molar-refractivity contribution in [2.24, 2.45) is 4.99 Å². The Morgan fingerprint density at radius 2 is 1.96 bits per heavy atom. The number of hydrogen-bond donors (Lipinski definition) is 1. The third kappa shape index (κ3) is 3.88. The minimum absolute atomic E-state index is 0.0428. The molecular formula is C15H13F4NO3. The molecule has 4 nitrogen and oxygen atoms in total. The fourth-order valence-corrected chi connectivity index (χ4v) is 1.75. The van der Waals surface area contributed by atoms with Crippen LogP contribution in [0.5, 0.6) is 0 Å². The number of hydrogen-bond acceptors (Lipinski definition) is 4. The second kappa shape index (κ2) is 6.80. The zero-order valence-corrected chi connectivity index (χ0v) is 12.0. The second-order valence-corrected chi connectivity index (χ2v) is 4.83. The summed E-state index contributed by atoms with van der Waals surface area (Å²) in [6, 6.07) is -0.0106. The van der Waals surface area contributed by atoms with E-state index < -0.39 is 52.5 Å². The zero-order valence-electron chi connectivity index (χ0n) is 12.0. The molecule has 0 aromatic heterocycles. The van der Waals surface area contributed by atoms with E-state index in [1.165, 1.54) is 6.92 Å². The lowest BCUT2D eigenvalue weighted by Gasteiger charge is -2.08. The number of carbonyl (C=O) groups is 1. The fourth-order valence-electron chi connectivity index (χ4n) is 1.75. The predicted octanol–water partition coefficient (Wildman–Crippen LogP) is 3.12. The molecule has 124 valence electrons. The Morgan fingerprint density at radius 3 is 2.52 bits per heavy atom. The predicted molar refractivity (Wildman–Crippen MR) is 74.3 cm³/mol. The lowest BCUT2D eigenvalue weighted by Crippen LogP contribution is -2.12. The summed E-state index contributed by atoms with van der Waals surface area (Å²) < 4.78 is 57.4. The van der Waals surface area contributed by atoms with E-state index in [2.05, 4.69) is 9.73 Å². The maximum atomic E-state index is 13.7. The summed E-state index contributed by atoms with van der Waals surface area (Å²) in [7, 11) is 0. The number of carbonyl (C=O) groups excluding carboxylic acids is 1. The van der Waals surface area contributed by atoms with Gasteiger partial charge in [-0.2, -0.15) is 0 Å². The molecule has 0 spiro atoms. The van der Waals surface area contributed by atoms with E-state index in [1.54, 1.807) is 0 Å². The molecule has 0 bridgehead atoms. The summed E-state index contributed by atoms with van der Waals surface area (Å²) in [5.41, 5.74) is -1.30. The summed E-state index contributed by atoms with van der Waals surface area (Å²) in [5.74, 6) is -6.14. The Morgan fingerprint density at radius 1 is 1.35 bits per heavy atom. The second-order valence-electron chi connectivity index (χ2n) is 4.83. The highest BCUT2D eigenvalue weighted by Gasteiger charge is 2.37. The average Bonchev–Trinajstić information content (AvgIpc) is 3.19. The molecule has 1 aliphatic rings. The summed E-state index contributed by atoms with van der Waals surface area (Å²) in [6.07, 6.45) is -0.123. The molecule has 0 amide bonds. The molecule has 23 heavy (non-hydrogen) atoms. The standard InChI is InChI=1S/C15H13F4NO3/c1-2-23-15(22)8(6-20-13-5-12(13)19)14(21)7-3-10(17)11(18)4-9(7)16/h3-4,6,12-13,21H,2,5H2,1H3/b14-8-,20-6?/t12-,13+/m0/s1. The number of rotatable bonds is 5. The molecule has 1 fully saturated rings. The van der Waals surface area contributed by atoms with Gasteiger partial charge in [0.25, 0.3) is 0 Å². The molecule has 8 heteroatoms. The zero-order chi connectivity index (χ0) is 17.1. The van der Waals surface area contributed by atoms with Crippen LogP contribution in [0.4, 0.5) is 17.6 Å². The van der Waals surface area contributed by atoms with E-state index in [1.807, 2.05) is 0 Å². The number of aliphatic imine (C=N–C) groups is 1. The Hall–Kier alpha value is -2.38. The molecule has 0 heterocycles. The van der Waals surface area contributed by atoms with E-state index in [0.29, 0.717) is 6.07 Å². The molecular weight excluding hydrogens is 318 g/mol. The third-order valence-electron chi connectivity index (χ3n) is 3.09. The van der Waals surface area contributed by atoms with Gasteiger partial charge in [-0.3, -0.25) is 4.99 Å². The Labute approximate surface area is 129 Å². The first-order valence-corrected chi connectivity index (χ1v) is 6.77. The van der Waals surface area contributed by atoms with Crippen molar-refractivity contribution in [3.63, 3.8) is 0 Å². The van der Waals surface area contributed by atoms with Crippen LogP contribution in [0.15, 0.2) is 22.7 Å². The third-order valence-corrected chi connectivity index (χ3v) is 3.09. The first-order chi connectivity index (χ1) is 10.8. The van der Waals surface area contributed by atoms with Gasteiger partial charge < -0.3 is 9.84 Å². The normalized spacial score (nSPS) is 21.3. The van der Waals surface area contributed by atoms with E-state index in [0.717, 1.165) is 6.21 Å². The lowest BCUT2D eigenvalue weighted by molar-refractivity contribution is -0.137. The van der Waals surface area contributed by atoms with Gasteiger partial charge in [0.2, 0.25) is 0 Å². The van der Waals surface area contributed by atoms with Crippen molar-refractivity contribution in [2.75, 3.05) is 6.61 Å². The van der Waals surface area contributed by atoms with Crippen LogP contribution >= 0.6 is 0 Å². The molecule has 0 aliphatic heterocycles. The Balaban J connectivity index is 2.45. The fraction of sp³-hybridized carbons (Fsp3) is 0.333. The molecule has 2 rings (SSSR count). The Kier molecular flexibility index (Phi) is 5.02. The van der Waals surface area contributed by atoms with Crippen molar-refractivity contribution in [1.29, 1.82) is 0 Å². The molecule has 2 atom stereocenters. The van der Waals surface area contributed by atoms with Crippen molar-refractivity contribution in [1.82, 2.24) is 0 Å². The number of halogens is 4. The van der Waals surface area contributed by atoms with Gasteiger partial charge >= 0.3 is 5.97 Å². The van der Waals surface area contributed by atoms with Gasteiger partial charge in [0, 0.05) is 18.7 Å². The number of alkyl halides is 1. The minimum atomic E-state index is -1.44. The van der Waals surface area contributed by atoms with Crippen molar-refractivity contribution in [3.8, 4) is 0 Å². The molecule has 1 aromatic rings. The van der Waals surface area contributed by atoms with Crippen LogP contribution in [-0.2, 0) is 9.53 Å². The largest absolute Gasteiger partial charge is 0.506 e. The van der Waals surface area contributed by atoms with Gasteiger partial charge in [0.1, 0.15) is 23.3 Å². The highest BCUT2D eigenvalue weighted by molar-refractivity contribution is 6.15. The number of benzene rings is 1. The highest BCUT2D eigenvalue weighted by Crippen LogP contribution is 2.29. The summed E-state index contributed by atoms with van der Waals surface area (Å²) >= 11 is 0. The van der Waals surface area contributed by atoms with E-state index >= 15 is 0 Å². The summed E-state index contributed by atoms with van der Waals surface area (Å²) in [5, 5.41) is 10.0. The van der Waals surface area contributed by atoms with Crippen LogP contribution in [0, 0.1) is 17.5 Å². The van der Waals surface area contributed by atoms with Crippen molar-refractivity contribution >= 4 is 17.9 Å². The molecule has 0 radical (unpaired) electrons. The Bertz CT molecular complexity index is 688. The van der Waals surface area contributed by atoms with Crippen LogP contribution in [-0.4, -0.2) is 36.1 Å². The van der Waals surface area contributed by atoms with Crippen LogP contribution in [0.3, 0.4) is 0 Å². The molecule has 1 saturated carbocycles. The van der Waals surface area contributed by atoms with Crippen molar-refractivity contribution < 1.29 is 32.2 Å².